The summed E-state index contributed by atoms with van der Waals surface area (Å²) >= 11 is 1.19. The SMILES string of the molecule is COC(=O)c1cc2c(Oc3ccc(C(F)(F)F)cc3)cncc2s1. The predicted molar refractivity (Wildman–Crippen MR) is 82.5 cm³/mol. The number of thiophene rings is 1. The highest BCUT2D eigenvalue weighted by molar-refractivity contribution is 7.20. The minimum absolute atomic E-state index is 0.239. The number of methoxy groups -OCH3 is 1. The molecule has 2 aromatic heterocycles. The van der Waals surface area contributed by atoms with Gasteiger partial charge in [-0.1, -0.05) is 0 Å². The summed E-state index contributed by atoms with van der Waals surface area (Å²) in [6, 6.07) is 5.95. The number of fused-ring (bicyclic) bond motifs is 1. The van der Waals surface area contributed by atoms with Crippen LogP contribution in [0, 0.1) is 0 Å². The van der Waals surface area contributed by atoms with Gasteiger partial charge in [-0.2, -0.15) is 13.2 Å². The zero-order chi connectivity index (χ0) is 17.3. The van der Waals surface area contributed by atoms with Crippen molar-refractivity contribution in [2.24, 2.45) is 0 Å². The smallest absolute Gasteiger partial charge is 0.416 e. The van der Waals surface area contributed by atoms with Gasteiger partial charge in [0.25, 0.3) is 0 Å². The second kappa shape index (κ2) is 6.12. The van der Waals surface area contributed by atoms with Crippen molar-refractivity contribution in [3.8, 4) is 11.5 Å². The molecule has 0 spiro atoms. The minimum atomic E-state index is -4.40. The first kappa shape index (κ1) is 16.3. The first-order valence-electron chi connectivity index (χ1n) is 6.69. The van der Waals surface area contributed by atoms with Gasteiger partial charge in [-0.15, -0.1) is 11.3 Å². The molecule has 24 heavy (non-hydrogen) atoms. The molecule has 0 saturated heterocycles. The maximum atomic E-state index is 12.6. The quantitative estimate of drug-likeness (QED) is 0.629. The van der Waals surface area contributed by atoms with E-state index in [2.05, 4.69) is 9.72 Å². The van der Waals surface area contributed by atoms with Gasteiger partial charge < -0.3 is 9.47 Å². The number of rotatable bonds is 3. The molecule has 0 saturated carbocycles. The van der Waals surface area contributed by atoms with Crippen LogP contribution in [0.15, 0.2) is 42.7 Å². The number of hydrogen-bond donors (Lipinski definition) is 0. The van der Waals surface area contributed by atoms with E-state index < -0.39 is 17.7 Å². The van der Waals surface area contributed by atoms with Crippen LogP contribution in [0.1, 0.15) is 15.2 Å². The van der Waals surface area contributed by atoms with Gasteiger partial charge in [0.2, 0.25) is 0 Å². The Balaban J connectivity index is 1.92. The highest BCUT2D eigenvalue weighted by Gasteiger charge is 2.30. The van der Waals surface area contributed by atoms with E-state index in [0.717, 1.165) is 12.1 Å². The van der Waals surface area contributed by atoms with E-state index in [-0.39, 0.29) is 5.75 Å². The fraction of sp³-hybridized carbons (Fsp3) is 0.125. The van der Waals surface area contributed by atoms with Crippen LogP contribution < -0.4 is 4.74 Å². The van der Waals surface area contributed by atoms with Crippen LogP contribution in [-0.4, -0.2) is 18.1 Å². The molecular weight excluding hydrogens is 343 g/mol. The molecule has 0 aliphatic heterocycles. The lowest BCUT2D eigenvalue weighted by molar-refractivity contribution is -0.137. The maximum absolute atomic E-state index is 12.6. The number of carbonyl (C=O) groups excluding carboxylic acids is 1. The van der Waals surface area contributed by atoms with Crippen molar-refractivity contribution in [2.45, 2.75) is 6.18 Å². The zero-order valence-corrected chi connectivity index (χ0v) is 13.1. The van der Waals surface area contributed by atoms with E-state index in [1.54, 1.807) is 12.3 Å². The largest absolute Gasteiger partial charge is 0.465 e. The van der Waals surface area contributed by atoms with Gasteiger partial charge in [-0.25, -0.2) is 4.79 Å². The maximum Gasteiger partial charge on any atom is 0.416 e. The van der Waals surface area contributed by atoms with Gasteiger partial charge in [0.15, 0.2) is 5.75 Å². The lowest BCUT2D eigenvalue weighted by Gasteiger charge is -2.09. The molecule has 0 bridgehead atoms. The van der Waals surface area contributed by atoms with Crippen molar-refractivity contribution in [1.29, 1.82) is 0 Å². The van der Waals surface area contributed by atoms with Crippen LogP contribution in [0.25, 0.3) is 10.1 Å². The number of halogens is 3. The van der Waals surface area contributed by atoms with E-state index in [0.29, 0.717) is 20.7 Å². The van der Waals surface area contributed by atoms with Crippen molar-refractivity contribution >= 4 is 27.4 Å². The lowest BCUT2D eigenvalue weighted by Crippen LogP contribution is -2.04. The molecule has 0 radical (unpaired) electrons. The highest BCUT2D eigenvalue weighted by Crippen LogP contribution is 2.36. The van der Waals surface area contributed by atoms with E-state index in [9.17, 15) is 18.0 Å². The second-order valence-electron chi connectivity index (χ2n) is 4.78. The lowest BCUT2D eigenvalue weighted by atomic mass is 10.2. The average molecular weight is 353 g/mol. The molecule has 0 amide bonds. The fourth-order valence-electron chi connectivity index (χ4n) is 2.06. The minimum Gasteiger partial charge on any atom is -0.465 e. The van der Waals surface area contributed by atoms with Crippen LogP contribution in [-0.2, 0) is 10.9 Å². The van der Waals surface area contributed by atoms with Crippen LogP contribution in [0.4, 0.5) is 13.2 Å². The number of hydrogen-bond acceptors (Lipinski definition) is 5. The summed E-state index contributed by atoms with van der Waals surface area (Å²) in [4.78, 5) is 16.0. The Morgan fingerprint density at radius 1 is 1.17 bits per heavy atom. The molecule has 0 unspecified atom stereocenters. The molecular formula is C16H10F3NO3S. The van der Waals surface area contributed by atoms with E-state index in [1.165, 1.54) is 36.8 Å². The summed E-state index contributed by atoms with van der Waals surface area (Å²) in [5.74, 6) is 0.110. The topological polar surface area (TPSA) is 48.4 Å². The Labute approximate surface area is 138 Å². The molecule has 3 rings (SSSR count). The Hall–Kier alpha value is -2.61. The Bertz CT molecular complexity index is 888. The molecule has 1 aromatic carbocycles. The Morgan fingerprint density at radius 3 is 2.50 bits per heavy atom. The third-order valence-electron chi connectivity index (χ3n) is 3.21. The summed E-state index contributed by atoms with van der Waals surface area (Å²) in [6.07, 6.45) is -1.39. The third-order valence-corrected chi connectivity index (χ3v) is 4.26. The molecule has 0 atom stereocenters. The predicted octanol–water partition coefficient (Wildman–Crippen LogP) is 4.89. The van der Waals surface area contributed by atoms with Gasteiger partial charge in [0, 0.05) is 11.6 Å². The summed E-state index contributed by atoms with van der Waals surface area (Å²) < 4.78 is 48.7. The first-order chi connectivity index (χ1) is 11.4. The van der Waals surface area contributed by atoms with Crippen molar-refractivity contribution < 1.29 is 27.4 Å². The number of nitrogens with zero attached hydrogens (tertiary/aromatic N) is 1. The van der Waals surface area contributed by atoms with Crippen molar-refractivity contribution in [3.63, 3.8) is 0 Å². The van der Waals surface area contributed by atoms with Crippen molar-refractivity contribution in [1.82, 2.24) is 4.98 Å². The van der Waals surface area contributed by atoms with E-state index in [1.807, 2.05) is 0 Å². The third kappa shape index (κ3) is 3.18. The summed E-state index contributed by atoms with van der Waals surface area (Å²) in [5.41, 5.74) is -0.755. The number of carbonyl (C=O) groups is 1. The number of aromatic nitrogens is 1. The van der Waals surface area contributed by atoms with Crippen LogP contribution in [0.5, 0.6) is 11.5 Å². The molecule has 3 aromatic rings. The van der Waals surface area contributed by atoms with Crippen LogP contribution in [0.2, 0.25) is 0 Å². The molecule has 0 fully saturated rings. The summed E-state index contributed by atoms with van der Waals surface area (Å²) in [6.45, 7) is 0. The molecule has 0 N–H and O–H groups in total. The summed E-state index contributed by atoms with van der Waals surface area (Å²) in [7, 11) is 1.28. The standard InChI is InChI=1S/C16H10F3NO3S/c1-22-15(21)13-6-11-12(7-20-8-14(11)24-13)23-10-4-2-9(3-5-10)16(17,18)19/h2-8H,1H3. The van der Waals surface area contributed by atoms with Gasteiger partial charge >= 0.3 is 12.1 Å². The van der Waals surface area contributed by atoms with Gasteiger partial charge in [0.05, 0.1) is 23.6 Å². The van der Waals surface area contributed by atoms with Gasteiger partial charge in [-0.05, 0) is 30.3 Å². The summed E-state index contributed by atoms with van der Waals surface area (Å²) in [5, 5.41) is 0.635. The van der Waals surface area contributed by atoms with Crippen molar-refractivity contribution in [2.75, 3.05) is 7.11 Å². The first-order valence-corrected chi connectivity index (χ1v) is 7.51. The van der Waals surface area contributed by atoms with Crippen LogP contribution in [0.3, 0.4) is 0 Å². The van der Waals surface area contributed by atoms with E-state index >= 15 is 0 Å². The Morgan fingerprint density at radius 2 is 1.88 bits per heavy atom. The van der Waals surface area contributed by atoms with Gasteiger partial charge in [0.1, 0.15) is 10.6 Å². The number of pyridine rings is 1. The number of esters is 1. The molecule has 2 heterocycles. The van der Waals surface area contributed by atoms with Crippen molar-refractivity contribution in [3.05, 3.63) is 53.2 Å². The Kier molecular flexibility index (Phi) is 4.15. The number of ether oxygens (including phenoxy) is 2. The van der Waals surface area contributed by atoms with Gasteiger partial charge in [-0.3, -0.25) is 4.98 Å². The number of benzene rings is 1. The normalized spacial score (nSPS) is 11.5. The number of alkyl halides is 3. The van der Waals surface area contributed by atoms with E-state index in [4.69, 9.17) is 4.74 Å². The zero-order valence-electron chi connectivity index (χ0n) is 12.3. The average Bonchev–Trinajstić information content (AvgIpc) is 2.99. The molecule has 4 nitrogen and oxygen atoms in total. The highest BCUT2D eigenvalue weighted by atomic mass is 32.1. The molecule has 8 heteroatoms. The molecule has 124 valence electrons. The fourth-order valence-corrected chi connectivity index (χ4v) is 3.02. The molecule has 0 aliphatic carbocycles. The molecule has 0 aliphatic rings. The second-order valence-corrected chi connectivity index (χ2v) is 5.86. The van der Waals surface area contributed by atoms with Crippen LogP contribution >= 0.6 is 11.3 Å². The monoisotopic (exact) mass is 353 g/mol.